The lowest BCUT2D eigenvalue weighted by Gasteiger charge is -2.34. The maximum atomic E-state index is 6.43. The molecule has 19 heavy (non-hydrogen) atoms. The van der Waals surface area contributed by atoms with Crippen molar-refractivity contribution in [1.29, 1.82) is 0 Å². The summed E-state index contributed by atoms with van der Waals surface area (Å²) in [6.07, 6.45) is 11.3. The van der Waals surface area contributed by atoms with Crippen molar-refractivity contribution in [2.24, 2.45) is 5.92 Å². The fourth-order valence-corrected chi connectivity index (χ4v) is 4.36. The van der Waals surface area contributed by atoms with Crippen molar-refractivity contribution < 1.29 is 4.74 Å². The van der Waals surface area contributed by atoms with Crippen molar-refractivity contribution >= 4 is 0 Å². The van der Waals surface area contributed by atoms with Crippen LogP contribution in [0.1, 0.15) is 51.4 Å². The predicted molar refractivity (Wildman–Crippen MR) is 78.4 cm³/mol. The molecule has 3 fully saturated rings. The molecule has 3 nitrogen and oxygen atoms in total. The van der Waals surface area contributed by atoms with Gasteiger partial charge in [0.25, 0.3) is 0 Å². The summed E-state index contributed by atoms with van der Waals surface area (Å²) >= 11 is 0. The molecule has 2 aliphatic heterocycles. The maximum absolute atomic E-state index is 6.43. The first kappa shape index (κ1) is 13.8. The highest BCUT2D eigenvalue weighted by Gasteiger charge is 2.42. The van der Waals surface area contributed by atoms with Gasteiger partial charge in [0, 0.05) is 6.54 Å². The van der Waals surface area contributed by atoms with Crippen LogP contribution >= 0.6 is 0 Å². The van der Waals surface area contributed by atoms with Gasteiger partial charge in [-0.1, -0.05) is 12.8 Å². The van der Waals surface area contributed by atoms with Crippen LogP contribution in [0.15, 0.2) is 0 Å². The molecule has 1 N–H and O–H groups in total. The Morgan fingerprint density at radius 1 is 1.11 bits per heavy atom. The Bertz CT molecular complexity index is 280. The van der Waals surface area contributed by atoms with E-state index in [1.54, 1.807) is 0 Å². The van der Waals surface area contributed by atoms with Crippen molar-refractivity contribution in [3.63, 3.8) is 0 Å². The van der Waals surface area contributed by atoms with E-state index in [0.29, 0.717) is 11.7 Å². The molecule has 2 saturated heterocycles. The van der Waals surface area contributed by atoms with E-state index < -0.39 is 0 Å². The summed E-state index contributed by atoms with van der Waals surface area (Å²) in [5, 5.41) is 3.32. The molecule has 0 aromatic rings. The lowest BCUT2D eigenvalue weighted by Crippen LogP contribution is -2.41. The first-order chi connectivity index (χ1) is 9.30. The molecule has 0 amide bonds. The standard InChI is InChI=1S/C16H30N2O/c1-17-12-14-5-10-18(11-6-14)13-15-4-9-16(19-15)7-2-3-8-16/h14-15,17H,2-13H2,1H3. The van der Waals surface area contributed by atoms with Crippen LogP contribution in [0.5, 0.6) is 0 Å². The van der Waals surface area contributed by atoms with E-state index >= 15 is 0 Å². The molecule has 1 unspecified atom stereocenters. The average Bonchev–Trinajstić information content (AvgIpc) is 3.03. The number of hydrogen-bond donors (Lipinski definition) is 1. The van der Waals surface area contributed by atoms with E-state index in [-0.39, 0.29) is 0 Å². The topological polar surface area (TPSA) is 24.5 Å². The molecule has 3 heteroatoms. The first-order valence-electron chi connectivity index (χ1n) is 8.34. The highest BCUT2D eigenvalue weighted by atomic mass is 16.5. The molecule has 3 rings (SSSR count). The van der Waals surface area contributed by atoms with E-state index in [9.17, 15) is 0 Å². The van der Waals surface area contributed by atoms with Gasteiger partial charge in [-0.05, 0) is 71.1 Å². The molecule has 1 aliphatic carbocycles. The Morgan fingerprint density at radius 2 is 1.84 bits per heavy atom. The van der Waals surface area contributed by atoms with Gasteiger partial charge in [-0.25, -0.2) is 0 Å². The van der Waals surface area contributed by atoms with E-state index in [1.807, 2.05) is 0 Å². The number of nitrogens with zero attached hydrogens (tertiary/aromatic N) is 1. The molecule has 0 radical (unpaired) electrons. The number of piperidine rings is 1. The van der Waals surface area contributed by atoms with Crippen LogP contribution < -0.4 is 5.32 Å². The number of likely N-dealkylation sites (tertiary alicyclic amines) is 1. The molecule has 1 saturated carbocycles. The molecule has 1 spiro atoms. The van der Waals surface area contributed by atoms with Gasteiger partial charge >= 0.3 is 0 Å². The van der Waals surface area contributed by atoms with Gasteiger partial charge in [-0.2, -0.15) is 0 Å². The molecule has 3 aliphatic rings. The Kier molecular flexibility index (Phi) is 4.45. The van der Waals surface area contributed by atoms with Crippen molar-refractivity contribution in [2.75, 3.05) is 33.2 Å². The number of ether oxygens (including phenoxy) is 1. The number of rotatable bonds is 4. The van der Waals surface area contributed by atoms with Crippen molar-refractivity contribution in [3.05, 3.63) is 0 Å². The minimum Gasteiger partial charge on any atom is -0.370 e. The summed E-state index contributed by atoms with van der Waals surface area (Å²) in [4.78, 5) is 2.64. The predicted octanol–water partition coefficient (Wildman–Crippen LogP) is 2.41. The van der Waals surface area contributed by atoms with Crippen LogP contribution in [0, 0.1) is 5.92 Å². The second-order valence-electron chi connectivity index (χ2n) is 6.97. The van der Waals surface area contributed by atoms with Crippen LogP contribution in [0.2, 0.25) is 0 Å². The minimum atomic E-state index is 0.315. The van der Waals surface area contributed by atoms with Gasteiger partial charge in [0.15, 0.2) is 0 Å². The third-order valence-electron chi connectivity index (χ3n) is 5.52. The molecule has 2 heterocycles. The lowest BCUT2D eigenvalue weighted by molar-refractivity contribution is -0.0498. The van der Waals surface area contributed by atoms with E-state index in [0.717, 1.165) is 5.92 Å². The average molecular weight is 266 g/mol. The normalized spacial score (nSPS) is 32.4. The largest absolute Gasteiger partial charge is 0.370 e. The van der Waals surface area contributed by atoms with Gasteiger partial charge in [0.05, 0.1) is 11.7 Å². The summed E-state index contributed by atoms with van der Waals surface area (Å²) in [5.41, 5.74) is 0.315. The van der Waals surface area contributed by atoms with Crippen LogP contribution in [0.4, 0.5) is 0 Å². The Hall–Kier alpha value is -0.120. The SMILES string of the molecule is CNCC1CCN(CC2CCC3(CCCC3)O2)CC1. The highest BCUT2D eigenvalue weighted by molar-refractivity contribution is 4.93. The summed E-state index contributed by atoms with van der Waals surface area (Å²) in [7, 11) is 2.07. The molecule has 0 aromatic carbocycles. The molecule has 0 aromatic heterocycles. The summed E-state index contributed by atoms with van der Waals surface area (Å²) < 4.78 is 6.43. The Labute approximate surface area is 118 Å². The van der Waals surface area contributed by atoms with E-state index in [2.05, 4.69) is 17.3 Å². The van der Waals surface area contributed by atoms with Crippen LogP contribution in [0.3, 0.4) is 0 Å². The van der Waals surface area contributed by atoms with Gasteiger partial charge < -0.3 is 15.0 Å². The molecule has 0 bridgehead atoms. The molecular formula is C16H30N2O. The van der Waals surface area contributed by atoms with Crippen LogP contribution in [-0.2, 0) is 4.74 Å². The van der Waals surface area contributed by atoms with Crippen LogP contribution in [-0.4, -0.2) is 49.8 Å². The van der Waals surface area contributed by atoms with Gasteiger partial charge in [0.2, 0.25) is 0 Å². The zero-order valence-electron chi connectivity index (χ0n) is 12.5. The number of nitrogens with one attached hydrogen (secondary N) is 1. The first-order valence-corrected chi connectivity index (χ1v) is 8.34. The lowest BCUT2D eigenvalue weighted by atomic mass is 9.96. The Balaban J connectivity index is 1.41. The quantitative estimate of drug-likeness (QED) is 0.846. The third kappa shape index (κ3) is 3.32. The molecule has 110 valence electrons. The summed E-state index contributed by atoms with van der Waals surface area (Å²) in [6, 6.07) is 0. The van der Waals surface area contributed by atoms with Gasteiger partial charge in [0.1, 0.15) is 0 Å². The monoisotopic (exact) mass is 266 g/mol. The van der Waals surface area contributed by atoms with E-state index in [4.69, 9.17) is 4.74 Å². The second kappa shape index (κ2) is 6.11. The van der Waals surface area contributed by atoms with Crippen molar-refractivity contribution in [2.45, 2.75) is 63.1 Å². The van der Waals surface area contributed by atoms with Crippen molar-refractivity contribution in [3.8, 4) is 0 Å². The van der Waals surface area contributed by atoms with Gasteiger partial charge in [-0.15, -0.1) is 0 Å². The second-order valence-corrected chi connectivity index (χ2v) is 6.97. The maximum Gasteiger partial charge on any atom is 0.0710 e. The van der Waals surface area contributed by atoms with Crippen molar-refractivity contribution in [1.82, 2.24) is 10.2 Å². The zero-order chi connectivity index (χ0) is 13.1. The van der Waals surface area contributed by atoms with Crippen LogP contribution in [0.25, 0.3) is 0 Å². The third-order valence-corrected chi connectivity index (χ3v) is 5.52. The molecule has 1 atom stereocenters. The summed E-state index contributed by atoms with van der Waals surface area (Å²) in [6.45, 7) is 4.93. The fourth-order valence-electron chi connectivity index (χ4n) is 4.36. The van der Waals surface area contributed by atoms with Gasteiger partial charge in [-0.3, -0.25) is 0 Å². The van der Waals surface area contributed by atoms with E-state index in [1.165, 1.54) is 77.5 Å². The Morgan fingerprint density at radius 3 is 2.53 bits per heavy atom. The highest BCUT2D eigenvalue weighted by Crippen LogP contribution is 2.43. The summed E-state index contributed by atoms with van der Waals surface area (Å²) in [5.74, 6) is 0.895. The minimum absolute atomic E-state index is 0.315. The zero-order valence-corrected chi connectivity index (χ0v) is 12.5. The smallest absolute Gasteiger partial charge is 0.0710 e. The number of hydrogen-bond acceptors (Lipinski definition) is 3. The molecular weight excluding hydrogens is 236 g/mol. The fraction of sp³-hybridized carbons (Fsp3) is 1.00.